The number of carbonyl (C=O) groups is 2. The van der Waals surface area contributed by atoms with Gasteiger partial charge in [-0.1, -0.05) is 53.7 Å². The lowest BCUT2D eigenvalue weighted by Crippen LogP contribution is -2.17. The Bertz CT molecular complexity index is 2080. The highest BCUT2D eigenvalue weighted by molar-refractivity contribution is 8.13. The fourth-order valence-corrected chi connectivity index (χ4v) is 7.89. The van der Waals surface area contributed by atoms with Crippen LogP contribution in [0.25, 0.3) is 5.00 Å². The Morgan fingerprint density at radius 3 is 2.50 bits per heavy atom. The number of anilines is 1. The zero-order chi connectivity index (χ0) is 31.9. The van der Waals surface area contributed by atoms with Crippen LogP contribution >= 0.6 is 34.7 Å². The molecule has 0 bridgehead atoms. The smallest absolute Gasteiger partial charge is 0.229 e. The van der Waals surface area contributed by atoms with Gasteiger partial charge in [-0.05, 0) is 86.0 Å². The third-order valence-corrected chi connectivity index (χ3v) is 10.4. The van der Waals surface area contributed by atoms with Crippen molar-refractivity contribution < 1.29 is 9.59 Å². The van der Waals surface area contributed by atoms with E-state index in [2.05, 4.69) is 31.8 Å². The first-order chi connectivity index (χ1) is 22.3. The van der Waals surface area contributed by atoms with E-state index in [1.54, 1.807) is 6.26 Å². The number of amides is 1. The molecule has 7 rings (SSSR count). The van der Waals surface area contributed by atoms with Gasteiger partial charge in [-0.25, -0.2) is 0 Å². The highest BCUT2D eigenvalue weighted by Gasteiger charge is 2.34. The van der Waals surface area contributed by atoms with E-state index in [-0.39, 0.29) is 17.4 Å². The maximum absolute atomic E-state index is 13.7. The maximum atomic E-state index is 13.7. The minimum absolute atomic E-state index is 0.0173. The summed E-state index contributed by atoms with van der Waals surface area (Å²) < 4.78 is 1.93. The van der Waals surface area contributed by atoms with Crippen LogP contribution in [0.1, 0.15) is 61.6 Å². The zero-order valence-electron chi connectivity index (χ0n) is 25.2. The van der Waals surface area contributed by atoms with E-state index in [1.807, 2.05) is 79.1 Å². The first kappa shape index (κ1) is 30.2. The summed E-state index contributed by atoms with van der Waals surface area (Å²) in [5.74, 6) is 0.977. The Balaban J connectivity index is 1.23. The molecule has 0 radical (unpaired) electrons. The third kappa shape index (κ3) is 5.59. The fourth-order valence-electron chi connectivity index (χ4n) is 5.85. The summed E-state index contributed by atoms with van der Waals surface area (Å²) in [6.45, 7) is 3.80. The summed E-state index contributed by atoms with van der Waals surface area (Å²) in [5, 5.41) is 22.2. The van der Waals surface area contributed by atoms with Crippen LogP contribution in [0.5, 0.6) is 0 Å². The van der Waals surface area contributed by atoms with Crippen molar-refractivity contribution in [1.29, 1.82) is 0 Å². The van der Waals surface area contributed by atoms with E-state index in [1.165, 1.54) is 23.1 Å². The van der Waals surface area contributed by atoms with Crippen LogP contribution in [-0.2, 0) is 17.6 Å². The monoisotopic (exact) mass is 665 g/mol. The van der Waals surface area contributed by atoms with Gasteiger partial charge in [-0.3, -0.25) is 19.1 Å². The highest BCUT2D eigenvalue weighted by Crippen LogP contribution is 2.41. The van der Waals surface area contributed by atoms with Crippen molar-refractivity contribution in [1.82, 2.24) is 14.8 Å². The minimum atomic E-state index is -0.639. The van der Waals surface area contributed by atoms with Gasteiger partial charge in [-0.2, -0.15) is 10.2 Å². The minimum Gasteiger partial charge on any atom is -0.326 e. The summed E-state index contributed by atoms with van der Waals surface area (Å²) in [7, 11) is 0. The SMILES string of the molecule is CSC(=O)c1sc2c(c1C)C(c1ccc(Cl)cc1)=N[C@@H](CC(=O)Nc1ccc3c(c1)CCc1ccccc1N=N3)c1nnc(C)n1-2. The number of nitrogens with zero attached hydrogens (tertiary/aromatic N) is 6. The van der Waals surface area contributed by atoms with Crippen LogP contribution in [0.4, 0.5) is 17.1 Å². The molecule has 12 heteroatoms. The summed E-state index contributed by atoms with van der Waals surface area (Å²) in [6.07, 6.45) is 3.41. The van der Waals surface area contributed by atoms with Crippen molar-refractivity contribution in [3.63, 3.8) is 0 Å². The molecule has 46 heavy (non-hydrogen) atoms. The molecule has 4 heterocycles. The van der Waals surface area contributed by atoms with Crippen LogP contribution < -0.4 is 5.32 Å². The molecule has 1 amide bonds. The van der Waals surface area contributed by atoms with Gasteiger partial charge < -0.3 is 5.32 Å². The number of halogens is 1. The lowest BCUT2D eigenvalue weighted by Gasteiger charge is -2.15. The first-order valence-corrected chi connectivity index (χ1v) is 17.1. The largest absolute Gasteiger partial charge is 0.326 e. The molecule has 0 unspecified atom stereocenters. The summed E-state index contributed by atoms with van der Waals surface area (Å²) >= 11 is 8.81. The number of hydrogen-bond donors (Lipinski definition) is 1. The molecule has 2 aliphatic rings. The number of nitrogens with one attached hydrogen (secondary N) is 1. The molecule has 0 fully saturated rings. The molecule has 1 N–H and O–H groups in total. The maximum Gasteiger partial charge on any atom is 0.229 e. The van der Waals surface area contributed by atoms with Crippen LogP contribution in [0.15, 0.2) is 82.0 Å². The predicted octanol–water partition coefficient (Wildman–Crippen LogP) is 8.54. The molecule has 2 aliphatic heterocycles. The van der Waals surface area contributed by atoms with Gasteiger partial charge in [0.05, 0.1) is 28.4 Å². The first-order valence-electron chi connectivity index (χ1n) is 14.7. The predicted molar refractivity (Wildman–Crippen MR) is 184 cm³/mol. The Labute approximate surface area is 278 Å². The Kier molecular flexibility index (Phi) is 8.14. The second kappa shape index (κ2) is 12.4. The molecule has 1 atom stereocenters. The van der Waals surface area contributed by atoms with E-state index in [0.717, 1.165) is 57.0 Å². The van der Waals surface area contributed by atoms with Crippen molar-refractivity contribution in [2.45, 2.75) is 39.2 Å². The van der Waals surface area contributed by atoms with Gasteiger partial charge in [0.1, 0.15) is 16.9 Å². The van der Waals surface area contributed by atoms with Gasteiger partial charge >= 0.3 is 0 Å². The summed E-state index contributed by atoms with van der Waals surface area (Å²) in [4.78, 5) is 32.4. The number of benzene rings is 3. The molecule has 0 saturated heterocycles. The number of thiophene rings is 1. The van der Waals surface area contributed by atoms with E-state index in [9.17, 15) is 9.59 Å². The van der Waals surface area contributed by atoms with Crippen LogP contribution in [0.2, 0.25) is 5.02 Å². The van der Waals surface area contributed by atoms with Gasteiger partial charge in [0.25, 0.3) is 0 Å². The number of azo groups is 1. The lowest BCUT2D eigenvalue weighted by molar-refractivity contribution is -0.116. The number of carbonyl (C=O) groups excluding carboxylic acids is 2. The summed E-state index contributed by atoms with van der Waals surface area (Å²) in [5.41, 5.74) is 7.67. The van der Waals surface area contributed by atoms with Crippen molar-refractivity contribution in [2.75, 3.05) is 11.6 Å². The fraction of sp³-hybridized carbons (Fsp3) is 0.206. The van der Waals surface area contributed by atoms with Crippen molar-refractivity contribution in [3.8, 4) is 5.00 Å². The van der Waals surface area contributed by atoms with E-state index in [0.29, 0.717) is 32.9 Å². The van der Waals surface area contributed by atoms with E-state index >= 15 is 0 Å². The molecule has 9 nitrogen and oxygen atoms in total. The number of aliphatic imine (C=N–C) groups is 1. The standard InChI is InChI=1S/C34H28ClN7O2S2/c1-18-29-30(21-10-12-23(35)13-11-21)37-27(32-41-38-19(2)42(32)33(29)46-31(18)34(44)45-3)17-28(43)36-24-14-15-26-22(16-24)9-8-20-6-4-5-7-25(20)39-40-26/h4-7,10-16,27H,8-9,17H2,1-3H3,(H,36,43)/t27-/m0/s1. The molecular formula is C34H28ClN7O2S2. The van der Waals surface area contributed by atoms with Crippen LogP contribution in [0.3, 0.4) is 0 Å². The van der Waals surface area contributed by atoms with Gasteiger partial charge in [0.2, 0.25) is 11.0 Å². The molecule has 0 saturated carbocycles. The second-order valence-corrected chi connectivity index (χ2v) is 13.3. The molecule has 2 aromatic heterocycles. The van der Waals surface area contributed by atoms with Crippen LogP contribution in [-0.4, -0.2) is 37.8 Å². The van der Waals surface area contributed by atoms with Crippen LogP contribution in [0, 0.1) is 13.8 Å². The number of fused-ring (bicyclic) bond motifs is 5. The average Bonchev–Trinajstić information content (AvgIpc) is 3.55. The quantitative estimate of drug-likeness (QED) is 0.202. The third-order valence-electron chi connectivity index (χ3n) is 8.15. The molecule has 230 valence electrons. The van der Waals surface area contributed by atoms with E-state index in [4.69, 9.17) is 16.6 Å². The number of aromatic nitrogens is 3. The Hall–Kier alpha value is -4.45. The molecule has 0 aliphatic carbocycles. The number of aryl methyl sites for hydroxylation is 3. The topological polar surface area (TPSA) is 114 Å². The van der Waals surface area contributed by atoms with Crippen molar-refractivity contribution in [2.24, 2.45) is 15.2 Å². The number of thioether (sulfide) groups is 1. The molecule has 0 spiro atoms. The van der Waals surface area contributed by atoms with Gasteiger partial charge in [0.15, 0.2) is 5.82 Å². The normalized spacial score (nSPS) is 15.0. The molecule has 3 aromatic carbocycles. The number of hydrogen-bond acceptors (Lipinski definition) is 9. The Morgan fingerprint density at radius 2 is 1.72 bits per heavy atom. The lowest BCUT2D eigenvalue weighted by atomic mass is 9.99. The molecular weight excluding hydrogens is 638 g/mol. The van der Waals surface area contributed by atoms with Gasteiger partial charge in [0, 0.05) is 21.8 Å². The summed E-state index contributed by atoms with van der Waals surface area (Å²) in [6, 6.07) is 20.5. The Morgan fingerprint density at radius 1 is 0.978 bits per heavy atom. The van der Waals surface area contributed by atoms with E-state index < -0.39 is 6.04 Å². The highest BCUT2D eigenvalue weighted by atomic mass is 35.5. The average molecular weight is 666 g/mol. The number of rotatable bonds is 5. The van der Waals surface area contributed by atoms with Crippen molar-refractivity contribution >= 4 is 68.5 Å². The van der Waals surface area contributed by atoms with Gasteiger partial charge in [-0.15, -0.1) is 21.5 Å². The van der Waals surface area contributed by atoms with Crippen molar-refractivity contribution in [3.05, 3.63) is 116 Å². The molecule has 5 aromatic rings. The second-order valence-electron chi connectivity index (χ2n) is 11.1. The zero-order valence-corrected chi connectivity index (χ0v) is 27.6.